The summed E-state index contributed by atoms with van der Waals surface area (Å²) in [7, 11) is 1.62. The standard InChI is InChI=1S/C23H23N3O2S/c1-3-16-7-4-5-10-21(16)25-14-26-22(27)12-19(20(13-24)23(26)29-15-25)17-8-6-9-18(11-17)28-2/h4-11,19H,3,12,14-15H2,1-2H3/t19-/m1/s1. The van der Waals surface area contributed by atoms with Crippen LogP contribution >= 0.6 is 11.8 Å². The molecule has 0 saturated carbocycles. The van der Waals surface area contributed by atoms with E-state index in [0.29, 0.717) is 24.5 Å². The first-order valence-electron chi connectivity index (χ1n) is 9.70. The number of thioether (sulfide) groups is 1. The van der Waals surface area contributed by atoms with Crippen molar-refractivity contribution >= 4 is 23.4 Å². The van der Waals surface area contributed by atoms with E-state index in [-0.39, 0.29) is 11.8 Å². The van der Waals surface area contributed by atoms with Crippen molar-refractivity contribution in [1.82, 2.24) is 4.90 Å². The number of hydrogen-bond donors (Lipinski definition) is 0. The van der Waals surface area contributed by atoms with Gasteiger partial charge in [-0.1, -0.05) is 49.0 Å². The van der Waals surface area contributed by atoms with Crippen molar-refractivity contribution in [2.24, 2.45) is 0 Å². The Kier molecular flexibility index (Phi) is 5.50. The fraction of sp³-hybridized carbons (Fsp3) is 0.304. The minimum atomic E-state index is -0.226. The Morgan fingerprint density at radius 2 is 2.07 bits per heavy atom. The summed E-state index contributed by atoms with van der Waals surface area (Å²) in [6.45, 7) is 2.62. The third-order valence-corrected chi connectivity index (χ3v) is 6.66. The number of anilines is 1. The van der Waals surface area contributed by atoms with Gasteiger partial charge < -0.3 is 9.64 Å². The van der Waals surface area contributed by atoms with Gasteiger partial charge in [0.25, 0.3) is 0 Å². The second-order valence-electron chi connectivity index (χ2n) is 7.12. The van der Waals surface area contributed by atoms with Gasteiger partial charge in [0.2, 0.25) is 5.91 Å². The largest absolute Gasteiger partial charge is 0.497 e. The highest BCUT2D eigenvalue weighted by molar-refractivity contribution is 8.03. The maximum Gasteiger partial charge on any atom is 0.229 e. The Hall–Kier alpha value is -2.91. The normalized spacial score (nSPS) is 19.1. The van der Waals surface area contributed by atoms with Crippen molar-refractivity contribution in [3.63, 3.8) is 0 Å². The van der Waals surface area contributed by atoms with Crippen LogP contribution in [0.3, 0.4) is 0 Å². The van der Waals surface area contributed by atoms with Crippen LogP contribution in [-0.4, -0.2) is 30.5 Å². The van der Waals surface area contributed by atoms with Gasteiger partial charge in [-0.05, 0) is 35.7 Å². The SMILES string of the molecule is CCc1ccccc1N1CSC2=C(C#N)[C@@H](c3cccc(OC)c3)CC(=O)N2C1. The van der Waals surface area contributed by atoms with Gasteiger partial charge in [0.1, 0.15) is 5.75 Å². The van der Waals surface area contributed by atoms with Crippen LogP contribution in [0.25, 0.3) is 0 Å². The predicted molar refractivity (Wildman–Crippen MR) is 115 cm³/mol. The predicted octanol–water partition coefficient (Wildman–Crippen LogP) is 4.48. The zero-order valence-electron chi connectivity index (χ0n) is 16.6. The monoisotopic (exact) mass is 405 g/mol. The summed E-state index contributed by atoms with van der Waals surface area (Å²) < 4.78 is 5.33. The van der Waals surface area contributed by atoms with Crippen molar-refractivity contribution < 1.29 is 9.53 Å². The Bertz CT molecular complexity index is 1010. The van der Waals surface area contributed by atoms with Crippen molar-refractivity contribution in [1.29, 1.82) is 5.26 Å². The Balaban J connectivity index is 1.67. The molecule has 4 rings (SSSR count). The Morgan fingerprint density at radius 1 is 1.24 bits per heavy atom. The number of carbonyl (C=O) groups is 1. The number of rotatable bonds is 4. The molecule has 1 atom stereocenters. The molecule has 5 nitrogen and oxygen atoms in total. The number of allylic oxidation sites excluding steroid dienone is 1. The second kappa shape index (κ2) is 8.22. The molecule has 2 heterocycles. The number of nitriles is 1. The summed E-state index contributed by atoms with van der Waals surface area (Å²) in [4.78, 5) is 17.1. The molecule has 1 amide bonds. The first kappa shape index (κ1) is 19.4. The van der Waals surface area contributed by atoms with Crippen molar-refractivity contribution in [3.8, 4) is 11.8 Å². The van der Waals surface area contributed by atoms with E-state index in [1.54, 1.807) is 23.8 Å². The zero-order chi connectivity index (χ0) is 20.4. The molecular formula is C23H23N3O2S. The van der Waals surface area contributed by atoms with Crippen molar-refractivity contribution in [3.05, 3.63) is 70.3 Å². The van der Waals surface area contributed by atoms with Gasteiger partial charge in [-0.25, -0.2) is 0 Å². The Morgan fingerprint density at radius 3 is 2.83 bits per heavy atom. The highest BCUT2D eigenvalue weighted by atomic mass is 32.2. The number of fused-ring (bicyclic) bond motifs is 1. The van der Waals surface area contributed by atoms with E-state index in [4.69, 9.17) is 4.74 Å². The molecule has 148 valence electrons. The molecule has 2 aliphatic heterocycles. The molecule has 0 radical (unpaired) electrons. The number of amides is 1. The van der Waals surface area contributed by atoms with Crippen LogP contribution in [0, 0.1) is 11.3 Å². The van der Waals surface area contributed by atoms with Crippen LogP contribution < -0.4 is 9.64 Å². The average molecular weight is 406 g/mol. The molecule has 0 N–H and O–H groups in total. The summed E-state index contributed by atoms with van der Waals surface area (Å²) in [6, 6.07) is 18.4. The maximum atomic E-state index is 13.1. The summed E-state index contributed by atoms with van der Waals surface area (Å²) in [5.41, 5.74) is 4.04. The van der Waals surface area contributed by atoms with Crippen LogP contribution in [-0.2, 0) is 11.2 Å². The van der Waals surface area contributed by atoms with E-state index in [1.165, 1.54) is 5.56 Å². The number of aryl methyl sites for hydroxylation is 1. The van der Waals surface area contributed by atoms with E-state index in [2.05, 4.69) is 30.0 Å². The molecule has 6 heteroatoms. The van der Waals surface area contributed by atoms with Gasteiger partial charge in [-0.15, -0.1) is 0 Å². The summed E-state index contributed by atoms with van der Waals surface area (Å²) >= 11 is 1.57. The first-order valence-corrected chi connectivity index (χ1v) is 10.7. The van der Waals surface area contributed by atoms with Gasteiger partial charge in [0.05, 0.1) is 36.3 Å². The van der Waals surface area contributed by atoms with Gasteiger partial charge >= 0.3 is 0 Å². The molecule has 2 aliphatic rings. The third-order valence-electron chi connectivity index (χ3n) is 5.50. The second-order valence-corrected chi connectivity index (χ2v) is 8.06. The fourth-order valence-electron chi connectivity index (χ4n) is 3.98. The number of ether oxygens (including phenoxy) is 1. The van der Waals surface area contributed by atoms with Gasteiger partial charge in [0, 0.05) is 18.0 Å². The summed E-state index contributed by atoms with van der Waals surface area (Å²) in [6.07, 6.45) is 1.23. The minimum Gasteiger partial charge on any atom is -0.497 e. The Labute approximate surface area is 175 Å². The number of methoxy groups -OCH3 is 1. The fourth-order valence-corrected chi connectivity index (χ4v) is 5.13. The first-order chi connectivity index (χ1) is 14.2. The molecule has 1 fully saturated rings. The summed E-state index contributed by atoms with van der Waals surface area (Å²) in [5.74, 6) is 1.28. The van der Waals surface area contributed by atoms with E-state index < -0.39 is 0 Å². The van der Waals surface area contributed by atoms with E-state index in [9.17, 15) is 10.1 Å². The molecule has 0 aliphatic carbocycles. The lowest BCUT2D eigenvalue weighted by molar-refractivity contribution is -0.129. The highest BCUT2D eigenvalue weighted by Gasteiger charge is 2.38. The van der Waals surface area contributed by atoms with Crippen LogP contribution in [0.15, 0.2) is 59.1 Å². The number of benzene rings is 2. The lowest BCUT2D eigenvalue weighted by Gasteiger charge is -2.42. The van der Waals surface area contributed by atoms with E-state index in [0.717, 1.165) is 28.5 Å². The molecule has 1 saturated heterocycles. The molecular weight excluding hydrogens is 382 g/mol. The molecule has 0 unspecified atom stereocenters. The maximum absolute atomic E-state index is 13.1. The molecule has 0 aromatic heterocycles. The van der Waals surface area contributed by atoms with E-state index >= 15 is 0 Å². The van der Waals surface area contributed by atoms with Crippen LogP contribution in [0.1, 0.15) is 30.4 Å². The lowest BCUT2D eigenvalue weighted by atomic mass is 9.86. The zero-order valence-corrected chi connectivity index (χ0v) is 17.4. The smallest absolute Gasteiger partial charge is 0.229 e. The van der Waals surface area contributed by atoms with Gasteiger partial charge in [-0.3, -0.25) is 9.69 Å². The minimum absolute atomic E-state index is 0.0537. The lowest BCUT2D eigenvalue weighted by Crippen LogP contribution is -2.47. The van der Waals surface area contributed by atoms with Crippen LogP contribution in [0.5, 0.6) is 5.75 Å². The number of hydrogen-bond acceptors (Lipinski definition) is 5. The molecule has 0 bridgehead atoms. The number of para-hydroxylation sites is 1. The summed E-state index contributed by atoms with van der Waals surface area (Å²) in [5, 5.41) is 10.7. The van der Waals surface area contributed by atoms with Gasteiger partial charge in [-0.2, -0.15) is 5.26 Å². The van der Waals surface area contributed by atoms with Crippen LogP contribution in [0.2, 0.25) is 0 Å². The van der Waals surface area contributed by atoms with Crippen molar-refractivity contribution in [2.45, 2.75) is 25.7 Å². The molecule has 2 aromatic carbocycles. The van der Waals surface area contributed by atoms with Crippen molar-refractivity contribution in [2.75, 3.05) is 24.6 Å². The quantitative estimate of drug-likeness (QED) is 0.751. The van der Waals surface area contributed by atoms with Gasteiger partial charge in [0.15, 0.2) is 0 Å². The molecule has 2 aromatic rings. The topological polar surface area (TPSA) is 56.6 Å². The van der Waals surface area contributed by atoms with Crippen LogP contribution in [0.4, 0.5) is 5.69 Å². The highest BCUT2D eigenvalue weighted by Crippen LogP contribution is 2.44. The van der Waals surface area contributed by atoms with E-state index in [1.807, 2.05) is 36.4 Å². The average Bonchev–Trinajstić information content (AvgIpc) is 2.78. The number of nitrogens with zero attached hydrogens (tertiary/aromatic N) is 3. The molecule has 29 heavy (non-hydrogen) atoms. The third kappa shape index (κ3) is 3.58. The number of carbonyl (C=O) groups excluding carboxylic acids is 1. The molecule has 0 spiro atoms.